The fourth-order valence-electron chi connectivity index (χ4n) is 2.21. The van der Waals surface area contributed by atoms with Gasteiger partial charge in [-0.2, -0.15) is 0 Å². The molecule has 2 atom stereocenters. The third-order valence-corrected chi connectivity index (χ3v) is 4.21. The average molecular weight is 289 g/mol. The summed E-state index contributed by atoms with van der Waals surface area (Å²) in [5.74, 6) is 0.0880. The molecule has 2 aromatic rings. The lowest BCUT2D eigenvalue weighted by Gasteiger charge is -2.19. The van der Waals surface area contributed by atoms with E-state index in [1.54, 1.807) is 11.3 Å². The van der Waals surface area contributed by atoms with E-state index >= 15 is 0 Å². The number of rotatable bonds is 6. The molecule has 0 aliphatic rings. The Hall–Kier alpha value is -1.65. The molecule has 1 aromatic heterocycles. The van der Waals surface area contributed by atoms with Crippen molar-refractivity contribution >= 4 is 17.2 Å². The summed E-state index contributed by atoms with van der Waals surface area (Å²) in [4.78, 5) is 13.2. The van der Waals surface area contributed by atoms with Gasteiger partial charge in [-0.3, -0.25) is 4.79 Å². The lowest BCUT2D eigenvalue weighted by Crippen LogP contribution is -2.92. The Morgan fingerprint density at radius 3 is 2.60 bits per heavy atom. The zero-order chi connectivity index (χ0) is 14.4. The van der Waals surface area contributed by atoms with Crippen LogP contribution in [0.4, 0.5) is 0 Å². The van der Waals surface area contributed by atoms with E-state index in [0.29, 0.717) is 6.54 Å². The second-order valence-corrected chi connectivity index (χ2v) is 5.76. The van der Waals surface area contributed by atoms with Gasteiger partial charge in [-0.1, -0.05) is 36.4 Å². The van der Waals surface area contributed by atoms with Crippen molar-refractivity contribution < 1.29 is 10.1 Å². The average Bonchev–Trinajstić information content (AvgIpc) is 2.99. The molecule has 0 bridgehead atoms. The monoisotopic (exact) mass is 289 g/mol. The molecule has 4 heteroatoms. The molecule has 0 aliphatic heterocycles. The molecule has 0 fully saturated rings. The standard InChI is InChI=1S/C16H20N2OS/c1-3-17-16(19)12(2)18-15(14-10-7-11-20-14)13-8-5-4-6-9-13/h4-12,15,18H,3H2,1-2H3,(H,17,19)/p+1/t12-,15+/m1/s1. The first-order valence-electron chi connectivity index (χ1n) is 6.93. The molecule has 3 N–H and O–H groups in total. The Kier molecular flexibility index (Phi) is 5.32. The zero-order valence-corrected chi connectivity index (χ0v) is 12.7. The fourth-order valence-corrected chi connectivity index (χ4v) is 3.04. The first-order chi connectivity index (χ1) is 9.72. The summed E-state index contributed by atoms with van der Waals surface area (Å²) in [6, 6.07) is 14.6. The third-order valence-electron chi connectivity index (χ3n) is 3.25. The number of quaternary nitrogens is 1. The Bertz CT molecular complexity index is 525. The quantitative estimate of drug-likeness (QED) is 0.838. The molecular formula is C16H21N2OS+. The first kappa shape index (κ1) is 14.8. The van der Waals surface area contributed by atoms with E-state index in [1.165, 1.54) is 10.4 Å². The van der Waals surface area contributed by atoms with Crippen LogP contribution in [-0.4, -0.2) is 18.5 Å². The molecule has 0 saturated heterocycles. The van der Waals surface area contributed by atoms with Gasteiger partial charge in [0.2, 0.25) is 0 Å². The molecule has 0 saturated carbocycles. The van der Waals surface area contributed by atoms with E-state index in [-0.39, 0.29) is 18.0 Å². The largest absolute Gasteiger partial charge is 0.351 e. The summed E-state index contributed by atoms with van der Waals surface area (Å²) in [5.41, 5.74) is 1.23. The normalized spacial score (nSPS) is 13.7. The molecule has 0 radical (unpaired) electrons. The summed E-state index contributed by atoms with van der Waals surface area (Å²) < 4.78 is 0. The second-order valence-electron chi connectivity index (χ2n) is 4.78. The summed E-state index contributed by atoms with van der Waals surface area (Å²) in [5, 5.41) is 7.09. The van der Waals surface area contributed by atoms with Gasteiger partial charge in [0.05, 0.1) is 4.88 Å². The van der Waals surface area contributed by atoms with Crippen molar-refractivity contribution in [3.05, 3.63) is 58.3 Å². The maximum Gasteiger partial charge on any atom is 0.277 e. The van der Waals surface area contributed by atoms with Crippen LogP contribution in [0.15, 0.2) is 47.8 Å². The number of likely N-dealkylation sites (N-methyl/N-ethyl adjacent to an activating group) is 1. The van der Waals surface area contributed by atoms with Crippen molar-refractivity contribution in [3.8, 4) is 0 Å². The number of benzene rings is 1. The lowest BCUT2D eigenvalue weighted by atomic mass is 10.0. The minimum atomic E-state index is -0.109. The molecule has 3 nitrogen and oxygen atoms in total. The van der Waals surface area contributed by atoms with Gasteiger partial charge < -0.3 is 10.6 Å². The molecule has 0 aliphatic carbocycles. The van der Waals surface area contributed by atoms with Crippen molar-refractivity contribution in [3.63, 3.8) is 0 Å². The third kappa shape index (κ3) is 3.68. The van der Waals surface area contributed by atoms with Crippen molar-refractivity contribution in [2.75, 3.05) is 6.54 Å². The van der Waals surface area contributed by atoms with Crippen molar-refractivity contribution in [1.29, 1.82) is 0 Å². The SMILES string of the molecule is CCNC(=O)[C@@H](C)[NH2+][C@@H](c1ccccc1)c1cccs1. The molecule has 1 aromatic carbocycles. The van der Waals surface area contributed by atoms with E-state index < -0.39 is 0 Å². The smallest absolute Gasteiger partial charge is 0.277 e. The highest BCUT2D eigenvalue weighted by Crippen LogP contribution is 2.22. The van der Waals surface area contributed by atoms with Crippen LogP contribution in [0, 0.1) is 0 Å². The van der Waals surface area contributed by atoms with E-state index in [2.05, 4.69) is 40.3 Å². The Morgan fingerprint density at radius 1 is 1.25 bits per heavy atom. The topological polar surface area (TPSA) is 45.7 Å². The van der Waals surface area contributed by atoms with Crippen LogP contribution < -0.4 is 10.6 Å². The van der Waals surface area contributed by atoms with Crippen molar-refractivity contribution in [2.24, 2.45) is 0 Å². The van der Waals surface area contributed by atoms with Crippen molar-refractivity contribution in [2.45, 2.75) is 25.9 Å². The van der Waals surface area contributed by atoms with Gasteiger partial charge in [0, 0.05) is 12.1 Å². The molecule has 1 heterocycles. The number of carbonyl (C=O) groups is 1. The molecule has 20 heavy (non-hydrogen) atoms. The van der Waals surface area contributed by atoms with E-state index in [1.807, 2.05) is 32.0 Å². The Labute approximate surface area is 124 Å². The Balaban J connectivity index is 2.18. The number of hydrogen-bond donors (Lipinski definition) is 2. The van der Waals surface area contributed by atoms with Gasteiger partial charge >= 0.3 is 0 Å². The van der Waals surface area contributed by atoms with Crippen LogP contribution in [0.1, 0.15) is 30.3 Å². The Morgan fingerprint density at radius 2 is 2.00 bits per heavy atom. The molecular weight excluding hydrogens is 268 g/mol. The minimum absolute atomic E-state index is 0.0880. The minimum Gasteiger partial charge on any atom is -0.351 e. The molecule has 0 spiro atoms. The van der Waals surface area contributed by atoms with Crippen LogP contribution in [-0.2, 0) is 4.79 Å². The first-order valence-corrected chi connectivity index (χ1v) is 7.81. The van der Waals surface area contributed by atoms with Crippen LogP contribution in [0.25, 0.3) is 0 Å². The lowest BCUT2D eigenvalue weighted by molar-refractivity contribution is -0.704. The number of amides is 1. The van der Waals surface area contributed by atoms with Gasteiger partial charge in [-0.05, 0) is 25.3 Å². The second kappa shape index (κ2) is 7.22. The van der Waals surface area contributed by atoms with E-state index in [9.17, 15) is 4.79 Å². The van der Waals surface area contributed by atoms with Gasteiger partial charge in [-0.25, -0.2) is 0 Å². The van der Waals surface area contributed by atoms with Gasteiger partial charge in [0.15, 0.2) is 6.04 Å². The van der Waals surface area contributed by atoms with Gasteiger partial charge in [-0.15, -0.1) is 11.3 Å². The zero-order valence-electron chi connectivity index (χ0n) is 11.9. The van der Waals surface area contributed by atoms with Crippen LogP contribution in [0.3, 0.4) is 0 Å². The predicted octanol–water partition coefficient (Wildman–Crippen LogP) is 1.93. The van der Waals surface area contributed by atoms with Crippen LogP contribution in [0.5, 0.6) is 0 Å². The molecule has 1 amide bonds. The summed E-state index contributed by atoms with van der Waals surface area (Å²) in [7, 11) is 0. The van der Waals surface area contributed by atoms with Crippen molar-refractivity contribution in [1.82, 2.24) is 5.32 Å². The fraction of sp³-hybridized carbons (Fsp3) is 0.312. The van der Waals surface area contributed by atoms with Crippen LogP contribution in [0.2, 0.25) is 0 Å². The van der Waals surface area contributed by atoms with Crippen LogP contribution >= 0.6 is 11.3 Å². The molecule has 106 valence electrons. The maximum atomic E-state index is 11.9. The number of hydrogen-bond acceptors (Lipinski definition) is 2. The number of nitrogens with two attached hydrogens (primary N) is 1. The van der Waals surface area contributed by atoms with Gasteiger partial charge in [0.1, 0.15) is 6.04 Å². The highest BCUT2D eigenvalue weighted by molar-refractivity contribution is 7.10. The van der Waals surface area contributed by atoms with Gasteiger partial charge in [0.25, 0.3) is 5.91 Å². The number of nitrogens with one attached hydrogen (secondary N) is 1. The van der Waals surface area contributed by atoms with E-state index in [0.717, 1.165) is 0 Å². The number of thiophene rings is 1. The molecule has 2 rings (SSSR count). The predicted molar refractivity (Wildman–Crippen MR) is 82.7 cm³/mol. The summed E-state index contributed by atoms with van der Waals surface area (Å²) >= 11 is 1.73. The summed E-state index contributed by atoms with van der Waals surface area (Å²) in [6.07, 6.45) is 0. The highest BCUT2D eigenvalue weighted by atomic mass is 32.1. The summed E-state index contributed by atoms with van der Waals surface area (Å²) in [6.45, 7) is 4.57. The van der Waals surface area contributed by atoms with E-state index in [4.69, 9.17) is 0 Å². The molecule has 0 unspecified atom stereocenters. The highest BCUT2D eigenvalue weighted by Gasteiger charge is 2.24. The maximum absolute atomic E-state index is 11.9. The number of carbonyl (C=O) groups excluding carboxylic acids is 1.